The quantitative estimate of drug-likeness (QED) is 0.917. The van der Waals surface area contributed by atoms with E-state index in [0.717, 1.165) is 57.8 Å². The molecule has 5 heteroatoms. The number of amides is 1. The van der Waals surface area contributed by atoms with Gasteiger partial charge in [0.2, 0.25) is 5.91 Å². The van der Waals surface area contributed by atoms with Crippen LogP contribution in [-0.2, 0) is 9.53 Å². The van der Waals surface area contributed by atoms with Crippen molar-refractivity contribution in [2.24, 2.45) is 5.92 Å². The van der Waals surface area contributed by atoms with Crippen LogP contribution in [0.1, 0.15) is 18.4 Å². The summed E-state index contributed by atoms with van der Waals surface area (Å²) < 4.78 is 5.32. The second-order valence-corrected chi connectivity index (χ2v) is 6.56. The first kappa shape index (κ1) is 17.0. The molecule has 2 fully saturated rings. The lowest BCUT2D eigenvalue weighted by Crippen LogP contribution is -2.46. The number of benzene rings is 1. The van der Waals surface area contributed by atoms with Gasteiger partial charge in [0.1, 0.15) is 5.75 Å². The van der Waals surface area contributed by atoms with Crippen molar-refractivity contribution in [3.8, 4) is 5.75 Å². The summed E-state index contributed by atoms with van der Waals surface area (Å²) in [6.07, 6.45) is 6.37. The Morgan fingerprint density at radius 3 is 2.46 bits per heavy atom. The van der Waals surface area contributed by atoms with E-state index in [2.05, 4.69) is 17.1 Å². The molecular weight excluding hydrogens is 304 g/mol. The molecule has 0 bridgehead atoms. The Labute approximate surface area is 143 Å². The molecule has 2 aliphatic rings. The highest BCUT2D eigenvalue weighted by Crippen LogP contribution is 2.20. The maximum Gasteiger partial charge on any atom is 0.236 e. The van der Waals surface area contributed by atoms with E-state index in [4.69, 9.17) is 4.74 Å². The normalized spacial score (nSPS) is 20.6. The van der Waals surface area contributed by atoms with E-state index < -0.39 is 0 Å². The lowest BCUT2D eigenvalue weighted by atomic mass is 9.95. The first-order chi connectivity index (χ1) is 11.7. The molecule has 130 valence electrons. The molecule has 0 saturated carbocycles. The molecule has 2 heterocycles. The molecule has 2 aliphatic heterocycles. The van der Waals surface area contributed by atoms with Crippen molar-refractivity contribution in [3.05, 3.63) is 35.9 Å². The summed E-state index contributed by atoms with van der Waals surface area (Å²) in [5, 5.41) is 9.30. The van der Waals surface area contributed by atoms with E-state index >= 15 is 0 Å². The molecule has 3 rings (SSSR count). The highest BCUT2D eigenvalue weighted by Gasteiger charge is 2.23. The van der Waals surface area contributed by atoms with Crippen molar-refractivity contribution in [1.82, 2.24) is 9.80 Å². The first-order valence-electron chi connectivity index (χ1n) is 8.76. The minimum absolute atomic E-state index is 0.248. The van der Waals surface area contributed by atoms with Crippen LogP contribution in [0.4, 0.5) is 0 Å². The maximum atomic E-state index is 12.4. The van der Waals surface area contributed by atoms with E-state index in [-0.39, 0.29) is 5.91 Å². The number of nitrogens with zero attached hydrogens (tertiary/aromatic N) is 2. The maximum absolute atomic E-state index is 12.4. The van der Waals surface area contributed by atoms with Crippen molar-refractivity contribution in [2.75, 3.05) is 45.9 Å². The Morgan fingerprint density at radius 2 is 1.79 bits per heavy atom. The SMILES string of the molecule is O=C(CN1CCOCC1)N1CCC(C=Cc2ccc(O)cc2)CC1. The Hall–Kier alpha value is -1.85. The van der Waals surface area contributed by atoms with E-state index in [1.807, 2.05) is 17.0 Å². The summed E-state index contributed by atoms with van der Waals surface area (Å²) in [6, 6.07) is 7.22. The van der Waals surface area contributed by atoms with Gasteiger partial charge in [-0.15, -0.1) is 0 Å². The minimum Gasteiger partial charge on any atom is -0.508 e. The number of aromatic hydroxyl groups is 1. The first-order valence-corrected chi connectivity index (χ1v) is 8.76. The Morgan fingerprint density at radius 1 is 1.12 bits per heavy atom. The molecule has 0 aliphatic carbocycles. The fourth-order valence-corrected chi connectivity index (χ4v) is 3.22. The van der Waals surface area contributed by atoms with Crippen molar-refractivity contribution < 1.29 is 14.6 Å². The van der Waals surface area contributed by atoms with E-state index in [1.165, 1.54) is 0 Å². The molecule has 0 aromatic heterocycles. The van der Waals surface area contributed by atoms with Crippen LogP contribution in [0.15, 0.2) is 30.3 Å². The van der Waals surface area contributed by atoms with Gasteiger partial charge in [-0.3, -0.25) is 9.69 Å². The zero-order valence-corrected chi connectivity index (χ0v) is 14.1. The van der Waals surface area contributed by atoms with Gasteiger partial charge >= 0.3 is 0 Å². The third-order valence-corrected chi connectivity index (χ3v) is 4.81. The number of morpholine rings is 1. The number of carbonyl (C=O) groups excluding carboxylic acids is 1. The molecule has 1 aromatic carbocycles. The molecule has 1 aromatic rings. The molecular formula is C19H26N2O3. The summed E-state index contributed by atoms with van der Waals surface area (Å²) in [7, 11) is 0. The zero-order chi connectivity index (χ0) is 16.8. The summed E-state index contributed by atoms with van der Waals surface area (Å²) in [6.45, 7) is 5.39. The average molecular weight is 330 g/mol. The number of allylic oxidation sites excluding steroid dienone is 1. The fourth-order valence-electron chi connectivity index (χ4n) is 3.22. The van der Waals surface area contributed by atoms with Crippen LogP contribution in [0.3, 0.4) is 0 Å². The van der Waals surface area contributed by atoms with Crippen molar-refractivity contribution in [1.29, 1.82) is 0 Å². The minimum atomic E-state index is 0.248. The van der Waals surface area contributed by atoms with E-state index in [1.54, 1.807) is 12.1 Å². The summed E-state index contributed by atoms with van der Waals surface area (Å²) in [5.74, 6) is 1.06. The van der Waals surface area contributed by atoms with Gasteiger partial charge in [-0.1, -0.05) is 24.3 Å². The zero-order valence-electron chi connectivity index (χ0n) is 14.1. The molecule has 5 nitrogen and oxygen atoms in total. The molecule has 0 atom stereocenters. The van der Waals surface area contributed by atoms with Gasteiger partial charge in [-0.25, -0.2) is 0 Å². The molecule has 1 N–H and O–H groups in total. The predicted octanol–water partition coefficient (Wildman–Crippen LogP) is 1.98. The third-order valence-electron chi connectivity index (χ3n) is 4.81. The van der Waals surface area contributed by atoms with Gasteiger partial charge in [0.15, 0.2) is 0 Å². The molecule has 1 amide bonds. The number of carbonyl (C=O) groups is 1. The fraction of sp³-hybridized carbons (Fsp3) is 0.526. The van der Waals surface area contributed by atoms with Crippen molar-refractivity contribution >= 4 is 12.0 Å². The second kappa shape index (κ2) is 8.31. The topological polar surface area (TPSA) is 53.0 Å². The van der Waals surface area contributed by atoms with Crippen LogP contribution in [0, 0.1) is 5.92 Å². The number of phenols is 1. The number of piperidine rings is 1. The summed E-state index contributed by atoms with van der Waals surface area (Å²) >= 11 is 0. The standard InChI is InChI=1S/C19H26N2O3/c22-18-5-3-16(4-6-18)1-2-17-7-9-21(10-8-17)19(23)15-20-11-13-24-14-12-20/h1-6,17,22H,7-15H2. The number of hydrogen-bond acceptors (Lipinski definition) is 4. The van der Waals surface area contributed by atoms with E-state index in [0.29, 0.717) is 18.2 Å². The summed E-state index contributed by atoms with van der Waals surface area (Å²) in [4.78, 5) is 16.6. The second-order valence-electron chi connectivity index (χ2n) is 6.56. The summed E-state index contributed by atoms with van der Waals surface area (Å²) in [5.41, 5.74) is 1.10. The molecule has 2 saturated heterocycles. The third kappa shape index (κ3) is 4.82. The lowest BCUT2D eigenvalue weighted by molar-refractivity contribution is -0.134. The predicted molar refractivity (Wildman–Crippen MR) is 93.7 cm³/mol. The highest BCUT2D eigenvalue weighted by atomic mass is 16.5. The smallest absolute Gasteiger partial charge is 0.236 e. The lowest BCUT2D eigenvalue weighted by Gasteiger charge is -2.33. The van der Waals surface area contributed by atoms with Crippen molar-refractivity contribution in [3.63, 3.8) is 0 Å². The molecule has 0 spiro atoms. The number of phenolic OH excluding ortho intramolecular Hbond substituents is 1. The number of likely N-dealkylation sites (tertiary alicyclic amines) is 1. The van der Waals surface area contributed by atoms with Crippen LogP contribution in [0.2, 0.25) is 0 Å². The number of hydrogen-bond donors (Lipinski definition) is 1. The van der Waals surface area contributed by atoms with Crippen LogP contribution >= 0.6 is 0 Å². The Kier molecular flexibility index (Phi) is 5.88. The van der Waals surface area contributed by atoms with Crippen LogP contribution in [-0.4, -0.2) is 66.8 Å². The van der Waals surface area contributed by atoms with Gasteiger partial charge in [0.05, 0.1) is 19.8 Å². The molecule has 24 heavy (non-hydrogen) atoms. The average Bonchev–Trinajstić information content (AvgIpc) is 2.62. The largest absolute Gasteiger partial charge is 0.508 e. The number of ether oxygens (including phenoxy) is 1. The van der Waals surface area contributed by atoms with Gasteiger partial charge in [-0.2, -0.15) is 0 Å². The van der Waals surface area contributed by atoms with Crippen LogP contribution in [0.25, 0.3) is 6.08 Å². The van der Waals surface area contributed by atoms with Crippen LogP contribution < -0.4 is 0 Å². The Balaban J connectivity index is 1.43. The van der Waals surface area contributed by atoms with Crippen molar-refractivity contribution in [2.45, 2.75) is 12.8 Å². The van der Waals surface area contributed by atoms with Gasteiger partial charge in [0.25, 0.3) is 0 Å². The van der Waals surface area contributed by atoms with Gasteiger partial charge in [-0.05, 0) is 36.5 Å². The molecule has 0 radical (unpaired) electrons. The Bertz CT molecular complexity index is 556. The van der Waals surface area contributed by atoms with Gasteiger partial charge < -0.3 is 14.7 Å². The number of rotatable bonds is 4. The monoisotopic (exact) mass is 330 g/mol. The van der Waals surface area contributed by atoms with Crippen LogP contribution in [0.5, 0.6) is 5.75 Å². The van der Waals surface area contributed by atoms with Gasteiger partial charge in [0, 0.05) is 26.2 Å². The molecule has 0 unspecified atom stereocenters. The van der Waals surface area contributed by atoms with E-state index in [9.17, 15) is 9.90 Å². The highest BCUT2D eigenvalue weighted by molar-refractivity contribution is 5.78.